The van der Waals surface area contributed by atoms with Gasteiger partial charge in [-0.1, -0.05) is 25.2 Å². The van der Waals surface area contributed by atoms with Crippen molar-refractivity contribution in [3.05, 3.63) is 23.8 Å². The summed E-state index contributed by atoms with van der Waals surface area (Å²) in [6.45, 7) is 2.06. The van der Waals surface area contributed by atoms with Crippen molar-refractivity contribution >= 4 is 5.97 Å². The molecule has 2 aliphatic carbocycles. The summed E-state index contributed by atoms with van der Waals surface area (Å²) in [5.41, 5.74) is 0.941. The molecule has 0 amide bonds. The third kappa shape index (κ3) is 6.47. The van der Waals surface area contributed by atoms with E-state index in [4.69, 9.17) is 0 Å². The fraction of sp³-hybridized carbons (Fsp3) is 0.722. The summed E-state index contributed by atoms with van der Waals surface area (Å²) in [6.07, 6.45) is 3.55. The van der Waals surface area contributed by atoms with Crippen LogP contribution in [0.25, 0.3) is 0 Å². The van der Waals surface area contributed by atoms with Crippen molar-refractivity contribution < 1.29 is 59.9 Å². The maximum absolute atomic E-state index is 10.4. The molecule has 7 atom stereocenters. The second-order valence-corrected chi connectivity index (χ2v) is 7.14. The zero-order valence-corrected chi connectivity index (χ0v) is 16.9. The van der Waals surface area contributed by atoms with Crippen molar-refractivity contribution in [2.24, 2.45) is 17.8 Å². The van der Waals surface area contributed by atoms with E-state index in [0.29, 0.717) is 19.3 Å². The Hall–Kier alpha value is -0.210. The Morgan fingerprint density at radius 3 is 2.64 bits per heavy atom. The zero-order valence-electron chi connectivity index (χ0n) is 14.9. The number of hydrogen-bond donors (Lipinski definition) is 4. The average molecular weight is 362 g/mol. The molecule has 25 heavy (non-hydrogen) atoms. The third-order valence-corrected chi connectivity index (χ3v) is 5.18. The summed E-state index contributed by atoms with van der Waals surface area (Å²) in [4.78, 5) is 10.4. The van der Waals surface area contributed by atoms with Crippen LogP contribution < -0.4 is 34.7 Å². The van der Waals surface area contributed by atoms with Gasteiger partial charge in [0, 0.05) is 24.7 Å². The number of carbonyl (C=O) groups excluding carboxylic acids is 1. The number of carbonyl (C=O) groups is 1. The fourth-order valence-electron chi connectivity index (χ4n) is 3.98. The predicted octanol–water partition coefficient (Wildman–Crippen LogP) is -3.49. The average Bonchev–Trinajstić information content (AvgIpc) is 2.45. The Balaban J connectivity index is 0.00000312. The van der Waals surface area contributed by atoms with E-state index in [2.05, 4.69) is 13.0 Å². The first-order valence-corrected chi connectivity index (χ1v) is 8.60. The van der Waals surface area contributed by atoms with Gasteiger partial charge in [-0.2, -0.15) is 0 Å². The number of fused-ring (bicyclic) bond motifs is 1. The quantitative estimate of drug-likeness (QED) is 0.349. The van der Waals surface area contributed by atoms with Crippen LogP contribution in [-0.2, 0) is 4.79 Å². The molecule has 0 unspecified atom stereocenters. The summed E-state index contributed by atoms with van der Waals surface area (Å²) in [5, 5.41) is 50.2. The minimum Gasteiger partial charge on any atom is -0.550 e. The second kappa shape index (κ2) is 10.2. The van der Waals surface area contributed by atoms with Crippen LogP contribution in [0.4, 0.5) is 0 Å². The summed E-state index contributed by atoms with van der Waals surface area (Å²) in [6, 6.07) is 0. The van der Waals surface area contributed by atoms with Gasteiger partial charge in [0.15, 0.2) is 0 Å². The minimum atomic E-state index is -1.33. The Bertz CT molecular complexity index is 506. The number of carboxylic acid groups (broad SMARTS) is 1. The van der Waals surface area contributed by atoms with Crippen LogP contribution in [0.5, 0.6) is 0 Å². The monoisotopic (exact) mass is 362 g/mol. The number of rotatable bonds is 7. The van der Waals surface area contributed by atoms with Gasteiger partial charge in [-0.3, -0.25) is 0 Å². The molecule has 0 heterocycles. The molecule has 6 nitrogen and oxygen atoms in total. The molecule has 4 N–H and O–H groups in total. The SMILES string of the molecule is C[C@H]1C=CC2=C[C@@H](O)C[C@H](O)[C@@H]2[C@H]1CC[C@@H](O)C[C@H](O)CC(=O)[O-].[Na+]. The summed E-state index contributed by atoms with van der Waals surface area (Å²) < 4.78 is 0. The number of hydrogen-bond acceptors (Lipinski definition) is 6. The first-order valence-electron chi connectivity index (χ1n) is 8.60. The smallest absolute Gasteiger partial charge is 0.550 e. The van der Waals surface area contributed by atoms with E-state index in [1.807, 2.05) is 6.08 Å². The van der Waals surface area contributed by atoms with E-state index in [0.717, 1.165) is 5.57 Å². The number of aliphatic hydroxyl groups excluding tert-OH is 4. The van der Waals surface area contributed by atoms with Crippen LogP contribution in [0, 0.1) is 17.8 Å². The van der Waals surface area contributed by atoms with Gasteiger partial charge in [-0.15, -0.1) is 0 Å². The molecule has 0 radical (unpaired) electrons. The van der Waals surface area contributed by atoms with E-state index in [1.165, 1.54) is 0 Å². The molecule has 0 aliphatic heterocycles. The van der Waals surface area contributed by atoms with E-state index < -0.39 is 36.8 Å². The number of aliphatic hydroxyl groups is 4. The first-order chi connectivity index (χ1) is 11.3. The minimum absolute atomic E-state index is 0. The summed E-state index contributed by atoms with van der Waals surface area (Å²) >= 11 is 0. The van der Waals surface area contributed by atoms with E-state index in [9.17, 15) is 30.3 Å². The molecule has 0 saturated heterocycles. The van der Waals surface area contributed by atoms with Crippen LogP contribution in [0.15, 0.2) is 23.8 Å². The van der Waals surface area contributed by atoms with Gasteiger partial charge < -0.3 is 30.3 Å². The predicted molar refractivity (Wildman–Crippen MR) is 85.5 cm³/mol. The molecular weight excluding hydrogens is 335 g/mol. The molecule has 0 fully saturated rings. The van der Waals surface area contributed by atoms with Crippen molar-refractivity contribution in [2.45, 2.75) is 63.4 Å². The fourth-order valence-corrected chi connectivity index (χ4v) is 3.98. The normalized spacial score (nSPS) is 33.6. The largest absolute Gasteiger partial charge is 1.00 e. The molecule has 0 bridgehead atoms. The molecular formula is C18H27NaO6. The van der Waals surface area contributed by atoms with Crippen molar-refractivity contribution in [1.82, 2.24) is 0 Å². The van der Waals surface area contributed by atoms with Crippen LogP contribution in [0.2, 0.25) is 0 Å². The van der Waals surface area contributed by atoms with Gasteiger partial charge in [0.25, 0.3) is 0 Å². The molecule has 0 spiro atoms. The molecule has 7 heteroatoms. The van der Waals surface area contributed by atoms with Crippen LogP contribution >= 0.6 is 0 Å². The third-order valence-electron chi connectivity index (χ3n) is 5.18. The van der Waals surface area contributed by atoms with Gasteiger partial charge in [0.05, 0.1) is 24.4 Å². The molecule has 0 aromatic heterocycles. The van der Waals surface area contributed by atoms with Gasteiger partial charge >= 0.3 is 29.6 Å². The number of aliphatic carboxylic acids is 1. The maximum atomic E-state index is 10.4. The zero-order chi connectivity index (χ0) is 17.9. The van der Waals surface area contributed by atoms with Gasteiger partial charge in [0.1, 0.15) is 0 Å². The second-order valence-electron chi connectivity index (χ2n) is 7.14. The standard InChI is InChI=1S/C18H28O6.Na/c1-10-2-3-11-6-13(20)8-16(22)18(11)15(10)5-4-12(19)7-14(21)9-17(23)24;/h2-3,6,10,12-16,18-22H,4-5,7-9H2,1H3,(H,23,24);/q;+1/p-1/t10-,12+,13+,14-,15-,16-,18-;/m0./s1. The van der Waals surface area contributed by atoms with Crippen molar-refractivity contribution in [3.8, 4) is 0 Å². The topological polar surface area (TPSA) is 121 Å². The number of allylic oxidation sites excluding steroid dienone is 2. The Morgan fingerprint density at radius 1 is 1.32 bits per heavy atom. The summed E-state index contributed by atoms with van der Waals surface area (Å²) in [5.74, 6) is -1.03. The Kier molecular flexibility index (Phi) is 9.32. The Morgan fingerprint density at radius 2 is 2.00 bits per heavy atom. The van der Waals surface area contributed by atoms with E-state index in [-0.39, 0.29) is 53.7 Å². The van der Waals surface area contributed by atoms with Gasteiger partial charge in [0.2, 0.25) is 0 Å². The number of carboxylic acids is 1. The van der Waals surface area contributed by atoms with Crippen LogP contribution in [0.3, 0.4) is 0 Å². The molecule has 0 saturated carbocycles. The molecule has 136 valence electrons. The van der Waals surface area contributed by atoms with Crippen LogP contribution in [0.1, 0.15) is 39.0 Å². The Labute approximate surface area is 170 Å². The van der Waals surface area contributed by atoms with Gasteiger partial charge in [-0.25, -0.2) is 0 Å². The van der Waals surface area contributed by atoms with Crippen LogP contribution in [-0.4, -0.2) is 50.8 Å². The van der Waals surface area contributed by atoms with Crippen molar-refractivity contribution in [3.63, 3.8) is 0 Å². The molecule has 2 rings (SSSR count). The van der Waals surface area contributed by atoms with Crippen molar-refractivity contribution in [1.29, 1.82) is 0 Å². The first kappa shape index (κ1) is 22.8. The van der Waals surface area contributed by atoms with Crippen molar-refractivity contribution in [2.75, 3.05) is 0 Å². The molecule has 0 aromatic carbocycles. The van der Waals surface area contributed by atoms with Gasteiger partial charge in [-0.05, 0) is 36.7 Å². The maximum Gasteiger partial charge on any atom is 1.00 e. The van der Waals surface area contributed by atoms with E-state index >= 15 is 0 Å². The molecule has 2 aliphatic rings. The summed E-state index contributed by atoms with van der Waals surface area (Å²) in [7, 11) is 0. The molecule has 0 aromatic rings. The van der Waals surface area contributed by atoms with E-state index in [1.54, 1.807) is 6.08 Å².